The van der Waals surface area contributed by atoms with Crippen molar-refractivity contribution in [1.29, 1.82) is 0 Å². The summed E-state index contributed by atoms with van der Waals surface area (Å²) in [5.41, 5.74) is 0.703. The van der Waals surface area contributed by atoms with Crippen molar-refractivity contribution >= 4 is 5.91 Å². The monoisotopic (exact) mass is 322 g/mol. The quantitative estimate of drug-likeness (QED) is 0.873. The molecule has 1 aromatic carbocycles. The van der Waals surface area contributed by atoms with Crippen molar-refractivity contribution in [3.8, 4) is 0 Å². The van der Waals surface area contributed by atoms with Crippen LogP contribution in [0.3, 0.4) is 0 Å². The maximum Gasteiger partial charge on any atom is 0.220 e. The van der Waals surface area contributed by atoms with Gasteiger partial charge in [0.15, 0.2) is 0 Å². The predicted molar refractivity (Wildman–Crippen MR) is 85.1 cm³/mol. The van der Waals surface area contributed by atoms with E-state index in [1.807, 2.05) is 0 Å². The molecule has 2 saturated heterocycles. The third-order valence-electron chi connectivity index (χ3n) is 5.36. The van der Waals surface area contributed by atoms with Gasteiger partial charge in [-0.3, -0.25) is 9.69 Å². The molecule has 1 N–H and O–H groups in total. The number of rotatable bonds is 6. The Bertz CT molecular complexity index is 566. The Morgan fingerprint density at radius 1 is 1.22 bits per heavy atom. The minimum atomic E-state index is -0.590. The van der Waals surface area contributed by atoms with Crippen LogP contribution >= 0.6 is 0 Å². The van der Waals surface area contributed by atoms with Gasteiger partial charge >= 0.3 is 0 Å². The van der Waals surface area contributed by atoms with Crippen molar-refractivity contribution in [3.63, 3.8) is 0 Å². The largest absolute Gasteiger partial charge is 0.356 e. The molecule has 3 rings (SSSR count). The minimum absolute atomic E-state index is 0.0623. The van der Waals surface area contributed by atoms with Gasteiger partial charge in [0.25, 0.3) is 0 Å². The molecule has 5 heteroatoms. The highest BCUT2D eigenvalue weighted by atomic mass is 19.1. The Balaban J connectivity index is 1.41. The van der Waals surface area contributed by atoms with E-state index in [2.05, 4.69) is 10.2 Å². The molecule has 0 aromatic heterocycles. The fraction of sp³-hybridized carbons (Fsp3) is 0.611. The second-order valence-electron chi connectivity index (χ2n) is 6.75. The van der Waals surface area contributed by atoms with Crippen LogP contribution in [-0.2, 0) is 11.2 Å². The molecule has 126 valence electrons. The fourth-order valence-corrected chi connectivity index (χ4v) is 4.13. The summed E-state index contributed by atoms with van der Waals surface area (Å²) >= 11 is 0. The molecule has 0 spiro atoms. The summed E-state index contributed by atoms with van der Waals surface area (Å²) < 4.78 is 26.4. The van der Waals surface area contributed by atoms with Crippen LogP contribution in [-0.4, -0.2) is 36.0 Å². The molecule has 3 nitrogen and oxygen atoms in total. The number of aryl methyl sites for hydroxylation is 1. The Labute approximate surface area is 136 Å². The molecule has 0 saturated carbocycles. The van der Waals surface area contributed by atoms with E-state index in [4.69, 9.17) is 0 Å². The Hall–Kier alpha value is -1.49. The summed E-state index contributed by atoms with van der Waals surface area (Å²) in [5.74, 6) is -1.23. The SMILES string of the molecule is O=C(CCc1ccc(F)cc1F)NCCC12CCCN1CCC2. The van der Waals surface area contributed by atoms with Crippen LogP contribution in [0.1, 0.15) is 44.1 Å². The van der Waals surface area contributed by atoms with Gasteiger partial charge in [-0.15, -0.1) is 0 Å². The molecule has 1 aromatic rings. The van der Waals surface area contributed by atoms with E-state index in [1.54, 1.807) is 0 Å². The first kappa shape index (κ1) is 16.4. The van der Waals surface area contributed by atoms with Crippen molar-refractivity contribution in [2.75, 3.05) is 19.6 Å². The Morgan fingerprint density at radius 2 is 1.96 bits per heavy atom. The highest BCUT2D eigenvalue weighted by Gasteiger charge is 2.43. The third-order valence-corrected chi connectivity index (χ3v) is 5.36. The lowest BCUT2D eigenvalue weighted by Crippen LogP contribution is -2.41. The standard InChI is InChI=1S/C18H24F2N2O/c19-15-5-3-14(16(20)13-15)4-6-17(23)21-10-9-18-7-1-11-22(18)12-2-8-18/h3,5,13H,1-2,4,6-12H2,(H,21,23). The van der Waals surface area contributed by atoms with Crippen LogP contribution in [0.4, 0.5) is 8.78 Å². The van der Waals surface area contributed by atoms with E-state index in [9.17, 15) is 13.6 Å². The van der Waals surface area contributed by atoms with E-state index in [0.29, 0.717) is 24.1 Å². The fourth-order valence-electron chi connectivity index (χ4n) is 4.13. The lowest BCUT2D eigenvalue weighted by molar-refractivity contribution is -0.121. The maximum absolute atomic E-state index is 13.5. The Morgan fingerprint density at radius 3 is 2.65 bits per heavy atom. The smallest absolute Gasteiger partial charge is 0.220 e. The van der Waals surface area contributed by atoms with Gasteiger partial charge in [-0.25, -0.2) is 8.78 Å². The molecule has 2 aliphatic rings. The predicted octanol–water partition coefficient (Wildman–Crippen LogP) is 3.03. The Kier molecular flexibility index (Phi) is 4.95. The van der Waals surface area contributed by atoms with Gasteiger partial charge in [0.05, 0.1) is 0 Å². The average molecular weight is 322 g/mol. The van der Waals surface area contributed by atoms with Gasteiger partial charge in [-0.2, -0.15) is 0 Å². The van der Waals surface area contributed by atoms with Crippen molar-refractivity contribution in [2.24, 2.45) is 0 Å². The first-order chi connectivity index (χ1) is 11.1. The van der Waals surface area contributed by atoms with Crippen LogP contribution in [0, 0.1) is 11.6 Å². The number of nitrogens with one attached hydrogen (secondary N) is 1. The third kappa shape index (κ3) is 3.71. The van der Waals surface area contributed by atoms with Gasteiger partial charge in [0, 0.05) is 24.6 Å². The molecule has 0 radical (unpaired) electrons. The van der Waals surface area contributed by atoms with E-state index in [0.717, 1.165) is 12.5 Å². The van der Waals surface area contributed by atoms with E-state index in [1.165, 1.54) is 50.9 Å². The molecule has 0 bridgehead atoms. The van der Waals surface area contributed by atoms with Gasteiger partial charge in [-0.05, 0) is 63.2 Å². The highest BCUT2D eigenvalue weighted by Crippen LogP contribution is 2.40. The first-order valence-corrected chi connectivity index (χ1v) is 8.55. The minimum Gasteiger partial charge on any atom is -0.356 e. The number of carbonyl (C=O) groups excluding carboxylic acids is 1. The molecule has 1 amide bonds. The zero-order valence-corrected chi connectivity index (χ0v) is 13.4. The van der Waals surface area contributed by atoms with Crippen molar-refractivity contribution in [3.05, 3.63) is 35.4 Å². The molecule has 0 aliphatic carbocycles. The molecular formula is C18H24F2N2O. The number of hydrogen-bond acceptors (Lipinski definition) is 2. The number of hydrogen-bond donors (Lipinski definition) is 1. The lowest BCUT2D eigenvalue weighted by Gasteiger charge is -2.32. The lowest BCUT2D eigenvalue weighted by atomic mass is 9.90. The van der Waals surface area contributed by atoms with Crippen molar-refractivity contribution in [1.82, 2.24) is 10.2 Å². The number of fused-ring (bicyclic) bond motifs is 1. The second kappa shape index (κ2) is 6.95. The normalized spacial score (nSPS) is 19.7. The van der Waals surface area contributed by atoms with E-state index >= 15 is 0 Å². The van der Waals surface area contributed by atoms with Crippen LogP contribution in [0.15, 0.2) is 18.2 Å². The summed E-state index contributed by atoms with van der Waals surface area (Å²) in [7, 11) is 0. The molecule has 0 atom stereocenters. The summed E-state index contributed by atoms with van der Waals surface area (Å²) in [6.07, 6.45) is 6.54. The van der Waals surface area contributed by atoms with Crippen LogP contribution in [0.2, 0.25) is 0 Å². The summed E-state index contributed by atoms with van der Waals surface area (Å²) in [6, 6.07) is 3.50. The summed E-state index contributed by atoms with van der Waals surface area (Å²) in [4.78, 5) is 14.5. The summed E-state index contributed by atoms with van der Waals surface area (Å²) in [6.45, 7) is 3.07. The number of benzene rings is 1. The highest BCUT2D eigenvalue weighted by molar-refractivity contribution is 5.76. The molecule has 0 unspecified atom stereocenters. The number of halogens is 2. The van der Waals surface area contributed by atoms with Gasteiger partial charge in [0.1, 0.15) is 11.6 Å². The average Bonchev–Trinajstić information content (AvgIpc) is 3.06. The molecule has 2 fully saturated rings. The van der Waals surface area contributed by atoms with E-state index < -0.39 is 11.6 Å². The van der Waals surface area contributed by atoms with Crippen LogP contribution in [0.5, 0.6) is 0 Å². The zero-order chi connectivity index (χ0) is 16.3. The van der Waals surface area contributed by atoms with Crippen LogP contribution in [0.25, 0.3) is 0 Å². The van der Waals surface area contributed by atoms with Gasteiger partial charge < -0.3 is 5.32 Å². The molecule has 23 heavy (non-hydrogen) atoms. The topological polar surface area (TPSA) is 32.3 Å². The maximum atomic E-state index is 13.5. The van der Waals surface area contributed by atoms with Gasteiger partial charge in [0.2, 0.25) is 5.91 Å². The molecule has 2 aliphatic heterocycles. The first-order valence-electron chi connectivity index (χ1n) is 8.55. The number of carbonyl (C=O) groups is 1. The van der Waals surface area contributed by atoms with Crippen molar-refractivity contribution in [2.45, 2.75) is 50.5 Å². The molecular weight excluding hydrogens is 298 g/mol. The second-order valence-corrected chi connectivity index (χ2v) is 6.75. The summed E-state index contributed by atoms with van der Waals surface area (Å²) in [5, 5.41) is 2.96. The van der Waals surface area contributed by atoms with Crippen molar-refractivity contribution < 1.29 is 13.6 Å². The van der Waals surface area contributed by atoms with E-state index in [-0.39, 0.29) is 12.3 Å². The number of amides is 1. The van der Waals surface area contributed by atoms with Crippen LogP contribution < -0.4 is 5.32 Å². The zero-order valence-electron chi connectivity index (χ0n) is 13.4. The number of nitrogens with zero attached hydrogens (tertiary/aromatic N) is 1. The van der Waals surface area contributed by atoms with Gasteiger partial charge in [-0.1, -0.05) is 6.07 Å². The molecule has 2 heterocycles.